The van der Waals surface area contributed by atoms with Crippen molar-refractivity contribution in [3.05, 3.63) is 58.6 Å². The Bertz CT molecular complexity index is 1000. The molecule has 6 nitrogen and oxygen atoms in total. The number of fused-ring (bicyclic) bond motifs is 1. The maximum Gasteiger partial charge on any atom is 0.243 e. The Morgan fingerprint density at radius 1 is 1.03 bits per heavy atom. The molecule has 2 aromatic rings. The Labute approximate surface area is 202 Å². The van der Waals surface area contributed by atoms with Crippen molar-refractivity contribution in [2.45, 2.75) is 50.2 Å². The molecule has 2 aliphatic rings. The number of nitrogens with zero attached hydrogens (tertiary/aromatic N) is 1. The number of carbonyl (C=O) groups is 2. The van der Waals surface area contributed by atoms with Crippen LogP contribution in [-0.2, 0) is 9.59 Å². The van der Waals surface area contributed by atoms with E-state index in [0.717, 1.165) is 31.4 Å². The number of rotatable bonds is 4. The van der Waals surface area contributed by atoms with Crippen molar-refractivity contribution in [3.8, 4) is 0 Å². The van der Waals surface area contributed by atoms with E-state index in [1.807, 2.05) is 35.2 Å². The summed E-state index contributed by atoms with van der Waals surface area (Å²) < 4.78 is 0. The van der Waals surface area contributed by atoms with Gasteiger partial charge in [0.25, 0.3) is 0 Å². The first-order valence-corrected chi connectivity index (χ1v) is 11.8. The van der Waals surface area contributed by atoms with Crippen LogP contribution in [0.5, 0.6) is 0 Å². The number of para-hydroxylation sites is 1. The third kappa shape index (κ3) is 5.34. The molecule has 0 bridgehead atoms. The average molecular weight is 491 g/mol. The molecule has 4 rings (SSSR count). The van der Waals surface area contributed by atoms with E-state index in [9.17, 15) is 9.59 Å². The fraction of sp³-hybridized carbons (Fsp3) is 0.348. The molecule has 0 radical (unpaired) electrons. The van der Waals surface area contributed by atoms with Crippen LogP contribution in [0.1, 0.15) is 32.1 Å². The maximum atomic E-state index is 13.1. The summed E-state index contributed by atoms with van der Waals surface area (Å²) >= 11 is 17.8. The summed E-state index contributed by atoms with van der Waals surface area (Å²) in [5, 5.41) is 10.4. The monoisotopic (exact) mass is 490 g/mol. The SMILES string of the molecule is O=C(CC1C(=O)NC2CCCCC2N1C(=S)Nc1ccccc1)Nc1cc(Cl)cc(Cl)c1. The van der Waals surface area contributed by atoms with Crippen LogP contribution in [0.25, 0.3) is 0 Å². The molecule has 3 N–H and O–H groups in total. The van der Waals surface area contributed by atoms with Crippen LogP contribution in [-0.4, -0.2) is 40.0 Å². The van der Waals surface area contributed by atoms with Gasteiger partial charge >= 0.3 is 0 Å². The van der Waals surface area contributed by atoms with Crippen molar-refractivity contribution < 1.29 is 9.59 Å². The summed E-state index contributed by atoms with van der Waals surface area (Å²) in [6, 6.07) is 13.8. The molecule has 32 heavy (non-hydrogen) atoms. The zero-order valence-corrected chi connectivity index (χ0v) is 19.6. The molecule has 9 heteroatoms. The molecule has 1 saturated heterocycles. The predicted molar refractivity (Wildman–Crippen MR) is 132 cm³/mol. The van der Waals surface area contributed by atoms with E-state index < -0.39 is 6.04 Å². The highest BCUT2D eigenvalue weighted by Gasteiger charge is 2.44. The van der Waals surface area contributed by atoms with E-state index in [4.69, 9.17) is 35.4 Å². The number of carbonyl (C=O) groups excluding carboxylic acids is 2. The predicted octanol–water partition coefficient (Wildman–Crippen LogP) is 4.83. The Morgan fingerprint density at radius 3 is 2.44 bits per heavy atom. The molecule has 2 aromatic carbocycles. The van der Waals surface area contributed by atoms with Gasteiger partial charge < -0.3 is 20.9 Å². The Hall–Kier alpha value is -2.35. The smallest absolute Gasteiger partial charge is 0.243 e. The van der Waals surface area contributed by atoms with Crippen molar-refractivity contribution in [1.29, 1.82) is 0 Å². The summed E-state index contributed by atoms with van der Waals surface area (Å²) in [4.78, 5) is 27.8. The molecule has 1 aliphatic heterocycles. The molecule has 3 atom stereocenters. The minimum absolute atomic E-state index is 0.0258. The van der Waals surface area contributed by atoms with Gasteiger partial charge in [0.15, 0.2) is 5.11 Å². The van der Waals surface area contributed by atoms with Crippen molar-refractivity contribution in [2.24, 2.45) is 0 Å². The number of hydrogen-bond donors (Lipinski definition) is 3. The normalized spacial score (nSPS) is 22.5. The lowest BCUT2D eigenvalue weighted by Crippen LogP contribution is -2.68. The summed E-state index contributed by atoms with van der Waals surface area (Å²) in [6.45, 7) is 0. The average Bonchev–Trinajstić information content (AvgIpc) is 2.74. The van der Waals surface area contributed by atoms with Gasteiger partial charge in [-0.3, -0.25) is 9.59 Å². The van der Waals surface area contributed by atoms with Crippen LogP contribution in [0.4, 0.5) is 11.4 Å². The highest BCUT2D eigenvalue weighted by Crippen LogP contribution is 2.31. The van der Waals surface area contributed by atoms with Gasteiger partial charge in [-0.25, -0.2) is 0 Å². The van der Waals surface area contributed by atoms with Gasteiger partial charge in [-0.1, -0.05) is 54.2 Å². The number of amides is 2. The standard InChI is InChI=1S/C23H24Cl2N4O2S/c24-14-10-15(25)12-17(11-14)26-21(30)13-20-22(31)28-18-8-4-5-9-19(18)29(20)23(32)27-16-6-2-1-3-7-16/h1-3,6-7,10-12,18-20H,4-5,8-9,13H2,(H,26,30)(H,27,32)(H,28,31). The fourth-order valence-electron chi connectivity index (χ4n) is 4.46. The Morgan fingerprint density at radius 2 is 1.72 bits per heavy atom. The topological polar surface area (TPSA) is 73.5 Å². The molecule has 0 spiro atoms. The second-order valence-electron chi connectivity index (χ2n) is 8.10. The van der Waals surface area contributed by atoms with Crippen molar-refractivity contribution >= 4 is 63.7 Å². The molecule has 2 fully saturated rings. The summed E-state index contributed by atoms with van der Waals surface area (Å²) in [7, 11) is 0. The number of piperazine rings is 1. The largest absolute Gasteiger partial charge is 0.349 e. The number of anilines is 2. The van der Waals surface area contributed by atoms with Crippen LogP contribution < -0.4 is 16.0 Å². The molecular weight excluding hydrogens is 467 g/mol. The molecule has 168 valence electrons. The van der Waals surface area contributed by atoms with Crippen LogP contribution in [0.15, 0.2) is 48.5 Å². The van der Waals surface area contributed by atoms with Gasteiger partial charge in [0.1, 0.15) is 6.04 Å². The number of nitrogens with one attached hydrogen (secondary N) is 3. The molecular formula is C23H24Cl2N4O2S. The Balaban J connectivity index is 1.54. The zero-order chi connectivity index (χ0) is 22.7. The molecule has 3 unspecified atom stereocenters. The van der Waals surface area contributed by atoms with E-state index >= 15 is 0 Å². The van der Waals surface area contributed by atoms with Crippen LogP contribution >= 0.6 is 35.4 Å². The number of halogens is 2. The van der Waals surface area contributed by atoms with Gasteiger partial charge in [0.2, 0.25) is 11.8 Å². The van der Waals surface area contributed by atoms with E-state index in [2.05, 4.69) is 16.0 Å². The molecule has 1 heterocycles. The number of benzene rings is 2. The minimum Gasteiger partial charge on any atom is -0.349 e. The highest BCUT2D eigenvalue weighted by atomic mass is 35.5. The second kappa shape index (κ2) is 10.1. The first kappa shape index (κ1) is 22.8. The Kier molecular flexibility index (Phi) is 7.18. The van der Waals surface area contributed by atoms with Crippen LogP contribution in [0.3, 0.4) is 0 Å². The maximum absolute atomic E-state index is 13.1. The lowest BCUT2D eigenvalue weighted by molar-refractivity contribution is -0.134. The van der Waals surface area contributed by atoms with E-state index in [1.165, 1.54) is 0 Å². The van der Waals surface area contributed by atoms with Gasteiger partial charge in [-0.2, -0.15) is 0 Å². The minimum atomic E-state index is -0.715. The lowest BCUT2D eigenvalue weighted by Gasteiger charge is -2.49. The summed E-state index contributed by atoms with van der Waals surface area (Å²) in [5.74, 6) is -0.505. The van der Waals surface area contributed by atoms with Gasteiger partial charge in [0.05, 0.1) is 12.5 Å². The third-order valence-corrected chi connectivity index (χ3v) is 6.59. The number of hydrogen-bond acceptors (Lipinski definition) is 3. The molecule has 2 amide bonds. The third-order valence-electron chi connectivity index (χ3n) is 5.84. The van der Waals surface area contributed by atoms with Crippen molar-refractivity contribution in [3.63, 3.8) is 0 Å². The second-order valence-corrected chi connectivity index (χ2v) is 9.36. The van der Waals surface area contributed by atoms with Crippen molar-refractivity contribution in [1.82, 2.24) is 10.2 Å². The lowest BCUT2D eigenvalue weighted by atomic mass is 9.85. The first-order valence-electron chi connectivity index (χ1n) is 10.6. The van der Waals surface area contributed by atoms with Crippen molar-refractivity contribution in [2.75, 3.05) is 10.6 Å². The highest BCUT2D eigenvalue weighted by molar-refractivity contribution is 7.80. The van der Waals surface area contributed by atoms with E-state index in [0.29, 0.717) is 20.8 Å². The quantitative estimate of drug-likeness (QED) is 0.535. The van der Waals surface area contributed by atoms with Crippen LogP contribution in [0.2, 0.25) is 10.0 Å². The first-order chi connectivity index (χ1) is 15.4. The van der Waals surface area contributed by atoms with Gasteiger partial charge in [-0.15, -0.1) is 0 Å². The zero-order valence-electron chi connectivity index (χ0n) is 17.3. The molecule has 0 aromatic heterocycles. The van der Waals surface area contributed by atoms with Crippen LogP contribution in [0, 0.1) is 0 Å². The number of thiocarbonyl (C=S) groups is 1. The summed E-state index contributed by atoms with van der Waals surface area (Å²) in [5.41, 5.74) is 1.32. The van der Waals surface area contributed by atoms with E-state index in [-0.39, 0.29) is 30.3 Å². The van der Waals surface area contributed by atoms with Gasteiger partial charge in [0, 0.05) is 27.5 Å². The van der Waals surface area contributed by atoms with E-state index in [1.54, 1.807) is 18.2 Å². The van der Waals surface area contributed by atoms with Gasteiger partial charge in [-0.05, 0) is 55.4 Å². The molecule has 1 saturated carbocycles. The fourth-order valence-corrected chi connectivity index (χ4v) is 5.36. The molecule has 1 aliphatic carbocycles. The summed E-state index contributed by atoms with van der Waals surface area (Å²) in [6.07, 6.45) is 3.89.